The number of rotatable bonds is 7. The second-order valence-electron chi connectivity index (χ2n) is 8.78. The van der Waals surface area contributed by atoms with Gasteiger partial charge in [-0.25, -0.2) is 36.3 Å². The van der Waals surface area contributed by atoms with Crippen LogP contribution in [-0.2, 0) is 19.0 Å². The summed E-state index contributed by atoms with van der Waals surface area (Å²) in [7, 11) is 0. The highest BCUT2D eigenvalue weighted by Crippen LogP contribution is 2.35. The molecule has 0 saturated heterocycles. The smallest absolute Gasteiger partial charge is 0.241 e. The molecule has 0 amide bonds. The predicted octanol–water partition coefficient (Wildman–Crippen LogP) is 9.19. The minimum Gasteiger partial charge on any atom is -0.241 e. The van der Waals surface area contributed by atoms with Crippen molar-refractivity contribution in [3.05, 3.63) is 113 Å². The van der Waals surface area contributed by atoms with E-state index in [9.17, 15) is 39.5 Å². The summed E-state index contributed by atoms with van der Waals surface area (Å²) in [6, 6.07) is 8.29. The summed E-state index contributed by atoms with van der Waals surface area (Å²) in [5.41, 5.74) is -1.79. The Morgan fingerprint density at radius 3 is 1.82 bits per heavy atom. The van der Waals surface area contributed by atoms with E-state index in [1.165, 1.54) is 43.6 Å². The zero-order valence-corrected chi connectivity index (χ0v) is 20.7. The van der Waals surface area contributed by atoms with Gasteiger partial charge in [0.2, 0.25) is 0 Å². The molecule has 40 heavy (non-hydrogen) atoms. The Bertz CT molecular complexity index is 1550. The van der Waals surface area contributed by atoms with E-state index >= 15 is 0 Å². The Balaban J connectivity index is 1.49. The van der Waals surface area contributed by atoms with E-state index in [2.05, 4.69) is 9.97 Å². The van der Waals surface area contributed by atoms with Crippen LogP contribution in [0.2, 0.25) is 0 Å². The predicted molar refractivity (Wildman–Crippen MR) is 131 cm³/mol. The summed E-state index contributed by atoms with van der Waals surface area (Å²) in [5, 5.41) is 0. The maximum absolute atomic E-state index is 14.9. The molecule has 0 unspecified atom stereocenters. The van der Waals surface area contributed by atoms with Crippen molar-refractivity contribution in [2.24, 2.45) is 0 Å². The van der Waals surface area contributed by atoms with Crippen molar-refractivity contribution in [2.75, 3.05) is 0 Å². The van der Waals surface area contributed by atoms with Crippen LogP contribution in [0.4, 0.5) is 39.5 Å². The molecule has 1 heterocycles. The second-order valence-corrected chi connectivity index (χ2v) is 8.78. The van der Waals surface area contributed by atoms with E-state index in [1.807, 2.05) is 0 Å². The Hall–Kier alpha value is -4.15. The number of alkyl halides is 3. The van der Waals surface area contributed by atoms with E-state index in [0.717, 1.165) is 12.1 Å². The van der Waals surface area contributed by atoms with Gasteiger partial charge in [-0.15, -0.1) is 0 Å². The van der Waals surface area contributed by atoms with Crippen molar-refractivity contribution >= 4 is 5.83 Å². The van der Waals surface area contributed by atoms with Gasteiger partial charge in [-0.3, -0.25) is 0 Å². The number of aromatic nitrogens is 2. The zero-order valence-electron chi connectivity index (χ0n) is 20.7. The fraction of sp³-hybridized carbons (Fsp3) is 0.172. The number of nitrogens with zero attached hydrogens (tertiary/aromatic N) is 2. The molecule has 3 aromatic carbocycles. The van der Waals surface area contributed by atoms with Crippen molar-refractivity contribution in [2.45, 2.75) is 32.4 Å². The zero-order chi connectivity index (χ0) is 29.2. The van der Waals surface area contributed by atoms with Gasteiger partial charge < -0.3 is 0 Å². The third-order valence-electron chi connectivity index (χ3n) is 6.09. The van der Waals surface area contributed by atoms with Gasteiger partial charge in [0.05, 0.1) is 0 Å². The van der Waals surface area contributed by atoms with Gasteiger partial charge >= 0.3 is 6.18 Å². The average Bonchev–Trinajstić information content (AvgIpc) is 2.90. The molecule has 0 bridgehead atoms. The summed E-state index contributed by atoms with van der Waals surface area (Å²) in [5.74, 6) is -7.04. The highest BCUT2D eigenvalue weighted by Gasteiger charge is 2.37. The lowest BCUT2D eigenvalue weighted by Crippen LogP contribution is -2.12. The standard InChI is InChI=1S/C29H19F9N2/c1-2-21(30)28(35)17-5-7-19(23(32)12-17)16-4-6-20(22(31)11-16)18-13-39-26(40-14-18)8-3-15-9-24(33)27(25(34)10-15)29(36,37)38/h4-7,9-14H,2-3,8H2,1H3. The van der Waals surface area contributed by atoms with Crippen LogP contribution in [0.25, 0.3) is 28.1 Å². The summed E-state index contributed by atoms with van der Waals surface area (Å²) in [4.78, 5) is 8.16. The van der Waals surface area contributed by atoms with Gasteiger partial charge in [0.1, 0.15) is 40.5 Å². The van der Waals surface area contributed by atoms with Gasteiger partial charge in [-0.1, -0.05) is 31.2 Å². The maximum Gasteiger partial charge on any atom is 0.422 e. The van der Waals surface area contributed by atoms with E-state index in [1.54, 1.807) is 0 Å². The Labute approximate surface area is 222 Å². The molecule has 0 saturated carbocycles. The van der Waals surface area contributed by atoms with E-state index in [-0.39, 0.29) is 58.5 Å². The highest BCUT2D eigenvalue weighted by molar-refractivity contribution is 5.72. The first-order chi connectivity index (χ1) is 18.9. The maximum atomic E-state index is 14.9. The molecule has 0 fully saturated rings. The minimum absolute atomic E-state index is 0.0215. The quantitative estimate of drug-likeness (QED) is 0.209. The van der Waals surface area contributed by atoms with Crippen LogP contribution in [0.15, 0.2) is 66.8 Å². The molecule has 0 aliphatic heterocycles. The SMILES string of the molecule is CCC(F)=C(F)c1ccc(-c2ccc(-c3cnc(CCc4cc(F)c(C(F)(F)F)c(F)c4)nc3)c(F)c2)c(F)c1. The average molecular weight is 566 g/mol. The van der Waals surface area contributed by atoms with Crippen LogP contribution in [0.5, 0.6) is 0 Å². The van der Waals surface area contributed by atoms with Crippen molar-refractivity contribution in [1.82, 2.24) is 9.97 Å². The normalized spacial score (nSPS) is 12.4. The summed E-state index contributed by atoms with van der Waals surface area (Å²) >= 11 is 0. The lowest BCUT2D eigenvalue weighted by Gasteiger charge is -2.11. The van der Waals surface area contributed by atoms with Crippen LogP contribution < -0.4 is 0 Å². The van der Waals surface area contributed by atoms with Gasteiger partial charge in [0.25, 0.3) is 0 Å². The second kappa shape index (κ2) is 11.5. The first-order valence-electron chi connectivity index (χ1n) is 11.9. The molecule has 2 nitrogen and oxygen atoms in total. The number of allylic oxidation sites excluding steroid dienone is 1. The van der Waals surface area contributed by atoms with E-state index in [4.69, 9.17) is 0 Å². The molecule has 0 atom stereocenters. The molecular formula is C29H19F9N2. The summed E-state index contributed by atoms with van der Waals surface area (Å²) in [6.45, 7) is 1.41. The first kappa shape index (κ1) is 28.8. The number of hydrogen-bond acceptors (Lipinski definition) is 2. The van der Waals surface area contributed by atoms with Gasteiger partial charge in [-0.2, -0.15) is 13.2 Å². The lowest BCUT2D eigenvalue weighted by molar-refractivity contribution is -0.142. The van der Waals surface area contributed by atoms with Crippen LogP contribution in [0.1, 0.15) is 35.9 Å². The number of hydrogen-bond donors (Lipinski definition) is 0. The Morgan fingerprint density at radius 2 is 1.27 bits per heavy atom. The van der Waals surface area contributed by atoms with Crippen LogP contribution >= 0.6 is 0 Å². The van der Waals surface area contributed by atoms with E-state index < -0.39 is 46.7 Å². The van der Waals surface area contributed by atoms with Crippen LogP contribution in [0.3, 0.4) is 0 Å². The fourth-order valence-corrected chi connectivity index (χ4v) is 4.03. The van der Waals surface area contributed by atoms with Crippen molar-refractivity contribution in [3.8, 4) is 22.3 Å². The fourth-order valence-electron chi connectivity index (χ4n) is 4.03. The van der Waals surface area contributed by atoms with Crippen molar-refractivity contribution in [3.63, 3.8) is 0 Å². The first-order valence-corrected chi connectivity index (χ1v) is 11.9. The molecule has 0 aliphatic rings. The molecule has 4 aromatic rings. The van der Waals surface area contributed by atoms with Crippen LogP contribution in [0, 0.1) is 23.3 Å². The largest absolute Gasteiger partial charge is 0.422 e. The van der Waals surface area contributed by atoms with Gasteiger partial charge in [0.15, 0.2) is 5.83 Å². The topological polar surface area (TPSA) is 25.8 Å². The molecule has 4 rings (SSSR count). The third-order valence-corrected chi connectivity index (χ3v) is 6.09. The number of benzene rings is 3. The third kappa shape index (κ3) is 6.19. The Morgan fingerprint density at radius 1 is 0.700 bits per heavy atom. The highest BCUT2D eigenvalue weighted by atomic mass is 19.4. The molecule has 11 heteroatoms. The molecule has 0 spiro atoms. The minimum atomic E-state index is -5.16. The van der Waals surface area contributed by atoms with E-state index in [0.29, 0.717) is 12.1 Å². The lowest BCUT2D eigenvalue weighted by atomic mass is 9.99. The molecule has 0 aliphatic carbocycles. The summed E-state index contributed by atoms with van der Waals surface area (Å²) < 4.78 is 123. The van der Waals surface area contributed by atoms with Crippen LogP contribution in [-0.4, -0.2) is 9.97 Å². The molecule has 208 valence electrons. The Kier molecular flexibility index (Phi) is 8.32. The molecular weight excluding hydrogens is 547 g/mol. The van der Waals surface area contributed by atoms with Crippen molar-refractivity contribution < 1.29 is 39.5 Å². The number of aryl methyl sites for hydroxylation is 2. The van der Waals surface area contributed by atoms with Gasteiger partial charge in [0, 0.05) is 41.1 Å². The molecule has 1 aromatic heterocycles. The van der Waals surface area contributed by atoms with Gasteiger partial charge in [-0.05, 0) is 48.2 Å². The number of halogens is 9. The monoisotopic (exact) mass is 566 g/mol. The molecule has 0 N–H and O–H groups in total. The summed E-state index contributed by atoms with van der Waals surface area (Å²) in [6.07, 6.45) is -2.78. The molecule has 0 radical (unpaired) electrons. The van der Waals surface area contributed by atoms with Crippen molar-refractivity contribution in [1.29, 1.82) is 0 Å².